The predicted molar refractivity (Wildman–Crippen MR) is 134 cm³/mol. The van der Waals surface area contributed by atoms with Gasteiger partial charge in [-0.2, -0.15) is 0 Å². The van der Waals surface area contributed by atoms with E-state index < -0.39 is 27.6 Å². The smallest absolute Gasteiger partial charge is 0.254 e. The lowest BCUT2D eigenvalue weighted by Crippen LogP contribution is -2.41. The van der Waals surface area contributed by atoms with E-state index in [0.29, 0.717) is 12.4 Å². The summed E-state index contributed by atoms with van der Waals surface area (Å²) in [7, 11) is -3.30. The number of carbonyl (C=O) groups excluding carboxylic acids is 1. The minimum Gasteiger partial charge on any atom is -0.490 e. The Hall–Kier alpha value is -1.54. The van der Waals surface area contributed by atoms with Crippen molar-refractivity contribution in [2.45, 2.75) is 51.6 Å². The van der Waals surface area contributed by atoms with Crippen molar-refractivity contribution in [1.82, 2.24) is 4.90 Å². The molecule has 1 unspecified atom stereocenters. The summed E-state index contributed by atoms with van der Waals surface area (Å²) in [6.45, 7) is 2.38. The zero-order valence-electron chi connectivity index (χ0n) is 18.8. The number of carbonyl (C=O) groups is 1. The van der Waals surface area contributed by atoms with Crippen LogP contribution in [0.3, 0.4) is 0 Å². The molecule has 0 N–H and O–H groups in total. The molecule has 186 valence electrons. The van der Waals surface area contributed by atoms with E-state index in [1.807, 2.05) is 0 Å². The highest BCUT2D eigenvalue weighted by Crippen LogP contribution is 2.36. The number of unbranched alkanes of at least 4 members (excludes halogenated alkanes) is 3. The minimum atomic E-state index is -3.30. The molecule has 0 spiro atoms. The van der Waals surface area contributed by atoms with Gasteiger partial charge in [0.05, 0.1) is 34.7 Å². The average Bonchev–Trinajstić information content (AvgIpc) is 3.13. The maximum Gasteiger partial charge on any atom is 0.254 e. The molecule has 2 aromatic carbocycles. The summed E-state index contributed by atoms with van der Waals surface area (Å²) in [5.74, 6) is -1.04. The Morgan fingerprint density at radius 3 is 2.41 bits per heavy atom. The molecular weight excluding hydrogens is 524 g/mol. The van der Waals surface area contributed by atoms with Gasteiger partial charge in [-0.15, -0.1) is 0 Å². The van der Waals surface area contributed by atoms with Gasteiger partial charge in [-0.25, -0.2) is 12.8 Å². The quantitative estimate of drug-likeness (QED) is 0.314. The van der Waals surface area contributed by atoms with Crippen molar-refractivity contribution in [3.05, 3.63) is 62.3 Å². The lowest BCUT2D eigenvalue weighted by Gasteiger charge is -2.29. The van der Waals surface area contributed by atoms with E-state index in [2.05, 4.69) is 6.92 Å². The third kappa shape index (κ3) is 6.78. The van der Waals surface area contributed by atoms with Crippen LogP contribution in [0.1, 0.15) is 54.9 Å². The Balaban J connectivity index is 1.87. The highest BCUT2D eigenvalue weighted by molar-refractivity contribution is 7.91. The van der Waals surface area contributed by atoms with Gasteiger partial charge in [0.1, 0.15) is 5.82 Å². The third-order valence-electron chi connectivity index (χ3n) is 5.79. The van der Waals surface area contributed by atoms with Gasteiger partial charge < -0.3 is 9.64 Å². The number of amides is 1. The van der Waals surface area contributed by atoms with Gasteiger partial charge in [-0.05, 0) is 37.1 Å². The van der Waals surface area contributed by atoms with Crippen LogP contribution in [-0.2, 0) is 16.4 Å². The fourth-order valence-corrected chi connectivity index (χ4v) is 6.48. The van der Waals surface area contributed by atoms with Gasteiger partial charge in [-0.3, -0.25) is 4.79 Å². The van der Waals surface area contributed by atoms with E-state index in [0.717, 1.165) is 25.7 Å². The van der Waals surface area contributed by atoms with Gasteiger partial charge in [0, 0.05) is 22.2 Å². The lowest BCUT2D eigenvalue weighted by molar-refractivity contribution is 0.0679. The molecule has 2 aromatic rings. The molecule has 1 saturated heterocycles. The summed E-state index contributed by atoms with van der Waals surface area (Å²) < 4.78 is 44.4. The first-order chi connectivity index (χ1) is 16.1. The fraction of sp³-hybridized carbons (Fsp3) is 0.458. The summed E-state index contributed by atoms with van der Waals surface area (Å²) in [4.78, 5) is 14.9. The molecule has 1 aliphatic heterocycles. The molecule has 3 rings (SSSR count). The molecule has 0 aliphatic carbocycles. The molecule has 1 amide bonds. The maximum atomic E-state index is 14.5. The van der Waals surface area contributed by atoms with Gasteiger partial charge in [0.15, 0.2) is 15.6 Å². The summed E-state index contributed by atoms with van der Waals surface area (Å²) in [6.07, 6.45) is 4.35. The molecule has 1 atom stereocenters. The van der Waals surface area contributed by atoms with Crippen LogP contribution in [-0.4, -0.2) is 43.4 Å². The molecule has 0 saturated carbocycles. The molecule has 1 heterocycles. The molecular formula is C24H27Cl3FNO4S. The maximum absolute atomic E-state index is 14.5. The SMILES string of the molecule is CCCCCCOc1c(Cl)cc(C(=O)N(Cc2c(F)cccc2Cl)C2CCS(=O)(=O)C2)cc1Cl. The number of hydrogen-bond donors (Lipinski definition) is 0. The molecule has 0 aromatic heterocycles. The van der Waals surface area contributed by atoms with Crippen molar-refractivity contribution in [3.8, 4) is 5.75 Å². The second-order valence-corrected chi connectivity index (χ2v) is 11.8. The zero-order chi connectivity index (χ0) is 24.9. The topological polar surface area (TPSA) is 63.7 Å². The first-order valence-corrected chi connectivity index (χ1v) is 14.1. The van der Waals surface area contributed by atoms with Crippen molar-refractivity contribution in [3.63, 3.8) is 0 Å². The molecule has 0 radical (unpaired) electrons. The van der Waals surface area contributed by atoms with E-state index in [1.165, 1.54) is 35.2 Å². The second kappa shape index (κ2) is 11.9. The summed E-state index contributed by atoms with van der Waals surface area (Å²) >= 11 is 18.9. The number of sulfone groups is 1. The largest absolute Gasteiger partial charge is 0.490 e. The molecule has 5 nitrogen and oxygen atoms in total. The van der Waals surface area contributed by atoms with Crippen molar-refractivity contribution in [1.29, 1.82) is 0 Å². The average molecular weight is 551 g/mol. The van der Waals surface area contributed by atoms with Crippen LogP contribution < -0.4 is 4.74 Å². The van der Waals surface area contributed by atoms with E-state index in [1.54, 1.807) is 0 Å². The van der Waals surface area contributed by atoms with E-state index in [4.69, 9.17) is 39.5 Å². The first kappa shape index (κ1) is 27.1. The van der Waals surface area contributed by atoms with Gasteiger partial charge in [0.2, 0.25) is 0 Å². The highest BCUT2D eigenvalue weighted by Gasteiger charge is 2.36. The third-order valence-corrected chi connectivity index (χ3v) is 8.46. The summed E-state index contributed by atoms with van der Waals surface area (Å²) in [5, 5.41) is 0.505. The zero-order valence-corrected chi connectivity index (χ0v) is 21.9. The van der Waals surface area contributed by atoms with Crippen molar-refractivity contribution in [2.75, 3.05) is 18.1 Å². The Morgan fingerprint density at radius 1 is 1.12 bits per heavy atom. The highest BCUT2D eigenvalue weighted by atomic mass is 35.5. The van der Waals surface area contributed by atoms with Crippen LogP contribution in [0.4, 0.5) is 4.39 Å². The standard InChI is InChI=1S/C24H27Cl3FNO4S/c1-2-3-4-5-10-33-23-20(26)12-16(13-21(23)27)24(30)29(17-9-11-34(31,32)15-17)14-18-19(25)7-6-8-22(18)28/h6-8,12-13,17H,2-5,9-11,14-15H2,1H3. The van der Waals surface area contributed by atoms with Crippen LogP contribution in [0, 0.1) is 5.82 Å². The van der Waals surface area contributed by atoms with Crippen molar-refractivity contribution >= 4 is 50.5 Å². The number of halogens is 4. The Labute approximate surface area is 215 Å². The second-order valence-electron chi connectivity index (χ2n) is 8.37. The summed E-state index contributed by atoms with van der Waals surface area (Å²) in [5.41, 5.74) is 0.274. The number of hydrogen-bond acceptors (Lipinski definition) is 4. The number of rotatable bonds is 10. The van der Waals surface area contributed by atoms with Crippen molar-refractivity contribution in [2.24, 2.45) is 0 Å². The molecule has 1 aliphatic rings. The van der Waals surface area contributed by atoms with Crippen molar-refractivity contribution < 1.29 is 22.3 Å². The normalized spacial score (nSPS) is 17.0. The van der Waals surface area contributed by atoms with Crippen LogP contribution in [0.2, 0.25) is 15.1 Å². The van der Waals surface area contributed by atoms with Crippen LogP contribution in [0.15, 0.2) is 30.3 Å². The number of benzene rings is 2. The van der Waals surface area contributed by atoms with Crippen LogP contribution >= 0.6 is 34.8 Å². The Morgan fingerprint density at radius 2 is 1.82 bits per heavy atom. The molecule has 0 bridgehead atoms. The van der Waals surface area contributed by atoms with Gasteiger partial charge >= 0.3 is 0 Å². The monoisotopic (exact) mass is 549 g/mol. The van der Waals surface area contributed by atoms with E-state index in [-0.39, 0.29) is 50.7 Å². The number of ether oxygens (including phenoxy) is 1. The molecule has 10 heteroatoms. The summed E-state index contributed by atoms with van der Waals surface area (Å²) in [6, 6.07) is 6.49. The Bertz CT molecular complexity index is 1100. The van der Waals surface area contributed by atoms with E-state index >= 15 is 0 Å². The van der Waals surface area contributed by atoms with Gasteiger partial charge in [-0.1, -0.05) is 67.1 Å². The lowest BCUT2D eigenvalue weighted by atomic mass is 10.1. The fourth-order valence-electron chi connectivity index (χ4n) is 3.93. The predicted octanol–water partition coefficient (Wildman–Crippen LogP) is 6.57. The van der Waals surface area contributed by atoms with Crippen LogP contribution in [0.25, 0.3) is 0 Å². The van der Waals surface area contributed by atoms with Crippen LogP contribution in [0.5, 0.6) is 5.75 Å². The number of nitrogens with zero attached hydrogens (tertiary/aromatic N) is 1. The Kier molecular flexibility index (Phi) is 9.49. The first-order valence-electron chi connectivity index (χ1n) is 11.2. The molecule has 1 fully saturated rings. The van der Waals surface area contributed by atoms with Gasteiger partial charge in [0.25, 0.3) is 5.91 Å². The van der Waals surface area contributed by atoms with E-state index in [9.17, 15) is 17.6 Å². The minimum absolute atomic E-state index is 0.0429. The molecule has 34 heavy (non-hydrogen) atoms.